The van der Waals surface area contributed by atoms with Crippen molar-refractivity contribution in [3.05, 3.63) is 48.4 Å². The molecule has 0 aliphatic carbocycles. The molecule has 4 rings (SSSR count). The van der Waals surface area contributed by atoms with Gasteiger partial charge in [0.2, 0.25) is 5.88 Å². The van der Waals surface area contributed by atoms with Crippen LogP contribution in [0, 0.1) is 0 Å². The Morgan fingerprint density at radius 3 is 2.61 bits per heavy atom. The molecule has 162 valence electrons. The predicted molar refractivity (Wildman–Crippen MR) is 116 cm³/mol. The van der Waals surface area contributed by atoms with Gasteiger partial charge in [0.05, 0.1) is 37.5 Å². The number of hydrogen-bond donors (Lipinski definition) is 0. The van der Waals surface area contributed by atoms with E-state index >= 15 is 0 Å². The SMILES string of the molecule is COc1ccnc(-c2cc(C(=O)N3CCCN(C)CC3)nn2-c2ccc(OC)nc2)c1. The first-order valence-electron chi connectivity index (χ1n) is 10.2. The number of carbonyl (C=O) groups is 1. The molecule has 0 aromatic carbocycles. The van der Waals surface area contributed by atoms with Crippen LogP contribution in [-0.2, 0) is 0 Å². The van der Waals surface area contributed by atoms with E-state index in [9.17, 15) is 4.79 Å². The number of hydrogen-bond acceptors (Lipinski definition) is 7. The summed E-state index contributed by atoms with van der Waals surface area (Å²) in [6.45, 7) is 3.22. The maximum atomic E-state index is 13.3. The monoisotopic (exact) mass is 422 g/mol. The van der Waals surface area contributed by atoms with Gasteiger partial charge in [0.1, 0.15) is 5.75 Å². The third-order valence-electron chi connectivity index (χ3n) is 5.34. The minimum Gasteiger partial charge on any atom is -0.497 e. The number of nitrogens with zero attached hydrogens (tertiary/aromatic N) is 6. The molecule has 0 atom stereocenters. The zero-order chi connectivity index (χ0) is 21.8. The highest BCUT2D eigenvalue weighted by Crippen LogP contribution is 2.26. The topological polar surface area (TPSA) is 85.6 Å². The quantitative estimate of drug-likeness (QED) is 0.623. The van der Waals surface area contributed by atoms with Gasteiger partial charge in [0, 0.05) is 38.0 Å². The normalized spacial score (nSPS) is 14.9. The van der Waals surface area contributed by atoms with Crippen molar-refractivity contribution >= 4 is 5.91 Å². The standard InChI is InChI=1S/C22H26N6O3/c1-26-9-4-10-27(12-11-26)22(29)19-14-20(18-13-17(30-2)7-8-23-18)28(25-19)16-5-6-21(31-3)24-15-16/h5-8,13-15H,4,9-12H2,1-3H3. The van der Waals surface area contributed by atoms with Crippen molar-refractivity contribution in [2.45, 2.75) is 6.42 Å². The molecule has 0 spiro atoms. The molecule has 9 heteroatoms. The Hall–Kier alpha value is -3.46. The average molecular weight is 422 g/mol. The molecule has 1 saturated heterocycles. The van der Waals surface area contributed by atoms with Crippen molar-refractivity contribution in [3.8, 4) is 28.7 Å². The first-order valence-corrected chi connectivity index (χ1v) is 10.2. The minimum absolute atomic E-state index is 0.0836. The van der Waals surface area contributed by atoms with E-state index in [1.165, 1.54) is 0 Å². The second-order valence-electron chi connectivity index (χ2n) is 7.42. The van der Waals surface area contributed by atoms with Crippen LogP contribution in [0.3, 0.4) is 0 Å². The van der Waals surface area contributed by atoms with Crippen LogP contribution >= 0.6 is 0 Å². The average Bonchev–Trinajstić information content (AvgIpc) is 3.15. The predicted octanol–water partition coefficient (Wildman–Crippen LogP) is 2.12. The summed E-state index contributed by atoms with van der Waals surface area (Å²) in [6, 6.07) is 8.98. The Labute approximate surface area is 181 Å². The van der Waals surface area contributed by atoms with Crippen LogP contribution < -0.4 is 9.47 Å². The Bertz CT molecular complexity index is 1050. The smallest absolute Gasteiger partial charge is 0.274 e. The molecule has 1 fully saturated rings. The van der Waals surface area contributed by atoms with Gasteiger partial charge in [0.15, 0.2) is 5.69 Å². The van der Waals surface area contributed by atoms with Crippen LogP contribution in [0.15, 0.2) is 42.7 Å². The molecule has 1 amide bonds. The molecular weight excluding hydrogens is 396 g/mol. The number of methoxy groups -OCH3 is 2. The van der Waals surface area contributed by atoms with Crippen molar-refractivity contribution in [3.63, 3.8) is 0 Å². The van der Waals surface area contributed by atoms with Crippen LogP contribution in [0.1, 0.15) is 16.9 Å². The van der Waals surface area contributed by atoms with Crippen LogP contribution in [0.25, 0.3) is 17.1 Å². The number of likely N-dealkylation sites (N-methyl/N-ethyl adjacent to an activating group) is 1. The van der Waals surface area contributed by atoms with Crippen molar-refractivity contribution < 1.29 is 14.3 Å². The second kappa shape index (κ2) is 9.13. The van der Waals surface area contributed by atoms with E-state index in [0.29, 0.717) is 47.5 Å². The van der Waals surface area contributed by atoms with Crippen molar-refractivity contribution in [2.24, 2.45) is 0 Å². The second-order valence-corrected chi connectivity index (χ2v) is 7.42. The third-order valence-corrected chi connectivity index (χ3v) is 5.34. The van der Waals surface area contributed by atoms with Crippen LogP contribution in [0.2, 0.25) is 0 Å². The molecule has 0 bridgehead atoms. The maximum Gasteiger partial charge on any atom is 0.274 e. The molecule has 4 heterocycles. The Balaban J connectivity index is 1.74. The summed E-state index contributed by atoms with van der Waals surface area (Å²) in [6.07, 6.45) is 4.27. The van der Waals surface area contributed by atoms with E-state index in [1.807, 2.05) is 17.0 Å². The van der Waals surface area contributed by atoms with E-state index in [-0.39, 0.29) is 5.91 Å². The van der Waals surface area contributed by atoms with Crippen molar-refractivity contribution in [1.82, 2.24) is 29.5 Å². The summed E-state index contributed by atoms with van der Waals surface area (Å²) in [7, 11) is 5.25. The van der Waals surface area contributed by atoms with Crippen LogP contribution in [-0.4, -0.2) is 82.9 Å². The Morgan fingerprint density at radius 1 is 1.00 bits per heavy atom. The number of carbonyl (C=O) groups excluding carboxylic acids is 1. The van der Waals surface area contributed by atoms with Gasteiger partial charge in [-0.25, -0.2) is 9.67 Å². The van der Waals surface area contributed by atoms with Crippen LogP contribution in [0.4, 0.5) is 0 Å². The maximum absolute atomic E-state index is 13.3. The Kier molecular flexibility index (Phi) is 6.13. The number of rotatable bonds is 5. The van der Waals surface area contributed by atoms with Gasteiger partial charge in [-0.05, 0) is 38.2 Å². The van der Waals surface area contributed by atoms with Gasteiger partial charge in [-0.15, -0.1) is 0 Å². The molecule has 1 aliphatic heterocycles. The molecule has 1 aliphatic rings. The van der Waals surface area contributed by atoms with Gasteiger partial charge in [-0.2, -0.15) is 5.10 Å². The van der Waals surface area contributed by atoms with Crippen molar-refractivity contribution in [1.29, 1.82) is 0 Å². The van der Waals surface area contributed by atoms with E-state index in [0.717, 1.165) is 19.5 Å². The zero-order valence-corrected chi connectivity index (χ0v) is 18.0. The fourth-order valence-corrected chi connectivity index (χ4v) is 3.57. The summed E-state index contributed by atoms with van der Waals surface area (Å²) in [5.41, 5.74) is 2.41. The Morgan fingerprint density at radius 2 is 1.87 bits per heavy atom. The molecule has 9 nitrogen and oxygen atoms in total. The molecule has 3 aromatic rings. The molecule has 3 aromatic heterocycles. The molecule has 0 saturated carbocycles. The lowest BCUT2D eigenvalue weighted by Gasteiger charge is -2.19. The molecule has 0 unspecified atom stereocenters. The lowest BCUT2D eigenvalue weighted by atomic mass is 10.2. The number of aromatic nitrogens is 4. The zero-order valence-electron chi connectivity index (χ0n) is 18.0. The summed E-state index contributed by atoms with van der Waals surface area (Å²) in [4.78, 5) is 26.1. The first kappa shape index (κ1) is 20.8. The third kappa shape index (κ3) is 4.51. The first-order chi connectivity index (χ1) is 15.1. The fraction of sp³-hybridized carbons (Fsp3) is 0.364. The highest BCUT2D eigenvalue weighted by atomic mass is 16.5. The molecule has 0 N–H and O–H groups in total. The summed E-state index contributed by atoms with van der Waals surface area (Å²) >= 11 is 0. The van der Waals surface area contributed by atoms with Gasteiger partial charge >= 0.3 is 0 Å². The summed E-state index contributed by atoms with van der Waals surface area (Å²) in [5.74, 6) is 1.09. The van der Waals surface area contributed by atoms with E-state index < -0.39 is 0 Å². The van der Waals surface area contributed by atoms with Crippen LogP contribution in [0.5, 0.6) is 11.6 Å². The molecular formula is C22H26N6O3. The fourth-order valence-electron chi connectivity index (χ4n) is 3.57. The van der Waals surface area contributed by atoms with Crippen molar-refractivity contribution in [2.75, 3.05) is 47.4 Å². The minimum atomic E-state index is -0.0836. The summed E-state index contributed by atoms with van der Waals surface area (Å²) in [5, 5.41) is 4.64. The van der Waals surface area contributed by atoms with Gasteiger partial charge in [-0.1, -0.05) is 0 Å². The largest absolute Gasteiger partial charge is 0.497 e. The van der Waals surface area contributed by atoms with E-state index in [4.69, 9.17) is 9.47 Å². The molecule has 0 radical (unpaired) electrons. The molecule has 31 heavy (non-hydrogen) atoms. The van der Waals surface area contributed by atoms with Gasteiger partial charge in [0.25, 0.3) is 5.91 Å². The van der Waals surface area contributed by atoms with Gasteiger partial charge in [-0.3, -0.25) is 9.78 Å². The van der Waals surface area contributed by atoms with E-state index in [1.54, 1.807) is 49.5 Å². The highest BCUT2D eigenvalue weighted by Gasteiger charge is 2.24. The number of ether oxygens (including phenoxy) is 2. The highest BCUT2D eigenvalue weighted by molar-refractivity contribution is 5.93. The van der Waals surface area contributed by atoms with Gasteiger partial charge < -0.3 is 19.3 Å². The summed E-state index contributed by atoms with van der Waals surface area (Å²) < 4.78 is 12.2. The lowest BCUT2D eigenvalue weighted by molar-refractivity contribution is 0.0756. The lowest BCUT2D eigenvalue weighted by Crippen LogP contribution is -2.34. The van der Waals surface area contributed by atoms with E-state index in [2.05, 4.69) is 27.0 Å². The number of pyridine rings is 2. The number of amides is 1.